The molecule has 0 bridgehead atoms. The molecule has 26 heavy (non-hydrogen) atoms. The highest BCUT2D eigenvalue weighted by Gasteiger charge is 2.21. The third-order valence-electron chi connectivity index (χ3n) is 5.14. The largest absolute Gasteiger partial charge is 0.474 e. The number of ether oxygens (including phenoxy) is 1. The zero-order chi connectivity index (χ0) is 18.1. The molecule has 4 rings (SSSR count). The molecule has 0 aromatic carbocycles. The third kappa shape index (κ3) is 3.15. The predicted molar refractivity (Wildman–Crippen MR) is 101 cm³/mol. The lowest BCUT2D eigenvalue weighted by Crippen LogP contribution is -2.51. The first-order chi connectivity index (χ1) is 12.6. The van der Waals surface area contributed by atoms with E-state index in [1.54, 1.807) is 12.4 Å². The Kier molecular flexibility index (Phi) is 4.57. The van der Waals surface area contributed by atoms with Gasteiger partial charge in [0.1, 0.15) is 6.61 Å². The summed E-state index contributed by atoms with van der Waals surface area (Å²) in [6, 6.07) is 4.37. The molecule has 3 aromatic heterocycles. The summed E-state index contributed by atoms with van der Waals surface area (Å²) in [5, 5.41) is 3.41. The van der Waals surface area contributed by atoms with Crippen molar-refractivity contribution in [1.82, 2.24) is 29.7 Å². The zero-order valence-electron chi connectivity index (χ0n) is 15.4. The lowest BCUT2D eigenvalue weighted by Gasteiger charge is -2.32. The maximum absolute atomic E-state index is 6.14. The topological polar surface area (TPSA) is 68.1 Å². The summed E-state index contributed by atoms with van der Waals surface area (Å²) in [6.45, 7) is 5.60. The first kappa shape index (κ1) is 16.9. The summed E-state index contributed by atoms with van der Waals surface area (Å²) in [4.78, 5) is 16.0. The first-order valence-corrected chi connectivity index (χ1v) is 8.91. The molecule has 1 N–H and O–H groups in total. The normalized spacial score (nSPS) is 18.3. The number of hydrogen-bond acceptors (Lipinski definition) is 6. The van der Waals surface area contributed by atoms with Crippen LogP contribution in [0.25, 0.3) is 22.3 Å². The summed E-state index contributed by atoms with van der Waals surface area (Å²) in [7, 11) is 4.16. The van der Waals surface area contributed by atoms with Crippen LogP contribution in [0.5, 0.6) is 5.88 Å². The second kappa shape index (κ2) is 7.01. The van der Waals surface area contributed by atoms with Crippen LogP contribution < -0.4 is 10.1 Å². The number of nitrogens with one attached hydrogen (secondary N) is 1. The standard InChI is InChI=1S/C19H24N6O/c1-13-15(4-8-24(13)2)16-10-17-18(22-6-5-21-17)19(23-16)26-12-14-11-20-7-9-25(14)3/h4-6,8,10,14,20H,7,9,11-12H2,1-3H3. The van der Waals surface area contributed by atoms with Gasteiger partial charge in [0.05, 0.1) is 17.3 Å². The van der Waals surface area contributed by atoms with Gasteiger partial charge in [-0.05, 0) is 26.1 Å². The van der Waals surface area contributed by atoms with Gasteiger partial charge < -0.3 is 14.6 Å². The van der Waals surface area contributed by atoms with E-state index in [2.05, 4.69) is 44.8 Å². The van der Waals surface area contributed by atoms with E-state index in [1.165, 1.54) is 0 Å². The van der Waals surface area contributed by atoms with Crippen molar-refractivity contribution in [2.45, 2.75) is 13.0 Å². The molecule has 7 heteroatoms. The summed E-state index contributed by atoms with van der Waals surface area (Å²) >= 11 is 0. The fourth-order valence-electron chi connectivity index (χ4n) is 3.29. The summed E-state index contributed by atoms with van der Waals surface area (Å²) in [5.41, 5.74) is 4.60. The van der Waals surface area contributed by atoms with Gasteiger partial charge in [-0.2, -0.15) is 0 Å². The van der Waals surface area contributed by atoms with Crippen LogP contribution in [-0.2, 0) is 7.05 Å². The fourth-order valence-corrected chi connectivity index (χ4v) is 3.29. The Bertz CT molecular complexity index is 922. The van der Waals surface area contributed by atoms with Crippen molar-refractivity contribution in [3.63, 3.8) is 0 Å². The number of rotatable bonds is 4. The Labute approximate surface area is 153 Å². The smallest absolute Gasteiger partial charge is 0.242 e. The number of fused-ring (bicyclic) bond motifs is 1. The first-order valence-electron chi connectivity index (χ1n) is 8.91. The molecule has 1 aliphatic heterocycles. The highest BCUT2D eigenvalue weighted by atomic mass is 16.5. The van der Waals surface area contributed by atoms with Gasteiger partial charge in [-0.3, -0.25) is 9.88 Å². The SMILES string of the molecule is Cc1c(-c2cc3nccnc3c(OCC3CNCCN3C)n2)ccn1C. The van der Waals surface area contributed by atoms with Crippen molar-refractivity contribution in [2.24, 2.45) is 7.05 Å². The lowest BCUT2D eigenvalue weighted by molar-refractivity contribution is 0.134. The van der Waals surface area contributed by atoms with E-state index in [0.717, 1.165) is 42.1 Å². The Morgan fingerprint density at radius 1 is 1.27 bits per heavy atom. The molecule has 1 atom stereocenters. The minimum absolute atomic E-state index is 0.319. The molecule has 0 radical (unpaired) electrons. The number of likely N-dealkylation sites (N-methyl/N-ethyl adjacent to an activating group) is 1. The number of piperazine rings is 1. The molecule has 0 aliphatic carbocycles. The van der Waals surface area contributed by atoms with Crippen molar-refractivity contribution in [3.8, 4) is 17.1 Å². The highest BCUT2D eigenvalue weighted by Crippen LogP contribution is 2.29. The zero-order valence-corrected chi connectivity index (χ0v) is 15.4. The molecule has 3 aromatic rings. The van der Waals surface area contributed by atoms with Crippen LogP contribution >= 0.6 is 0 Å². The number of pyridine rings is 1. The number of aryl methyl sites for hydroxylation is 1. The molecule has 0 amide bonds. The molecule has 0 saturated carbocycles. The number of hydrogen-bond donors (Lipinski definition) is 1. The maximum atomic E-state index is 6.14. The molecule has 7 nitrogen and oxygen atoms in total. The van der Waals surface area contributed by atoms with Crippen LogP contribution in [0.1, 0.15) is 5.69 Å². The average molecular weight is 352 g/mol. The van der Waals surface area contributed by atoms with E-state index in [-0.39, 0.29) is 0 Å². The van der Waals surface area contributed by atoms with Crippen LogP contribution in [0.4, 0.5) is 0 Å². The van der Waals surface area contributed by atoms with Crippen molar-refractivity contribution >= 4 is 11.0 Å². The molecule has 4 heterocycles. The van der Waals surface area contributed by atoms with Gasteiger partial charge in [-0.25, -0.2) is 9.97 Å². The fraction of sp³-hybridized carbons (Fsp3) is 0.421. The van der Waals surface area contributed by atoms with E-state index < -0.39 is 0 Å². The monoisotopic (exact) mass is 352 g/mol. The van der Waals surface area contributed by atoms with Gasteiger partial charge in [0.15, 0.2) is 5.52 Å². The van der Waals surface area contributed by atoms with Crippen LogP contribution in [0.3, 0.4) is 0 Å². The van der Waals surface area contributed by atoms with Crippen molar-refractivity contribution in [3.05, 3.63) is 36.4 Å². The maximum Gasteiger partial charge on any atom is 0.242 e. The van der Waals surface area contributed by atoms with Gasteiger partial charge >= 0.3 is 0 Å². The Balaban J connectivity index is 1.69. The van der Waals surface area contributed by atoms with E-state index in [1.807, 2.05) is 19.3 Å². The molecule has 1 fully saturated rings. The van der Waals surface area contributed by atoms with Crippen LogP contribution in [-0.4, -0.2) is 63.7 Å². The molecule has 1 aliphatic rings. The molecule has 1 saturated heterocycles. The van der Waals surface area contributed by atoms with Crippen molar-refractivity contribution in [1.29, 1.82) is 0 Å². The number of nitrogens with zero attached hydrogens (tertiary/aromatic N) is 5. The summed E-state index contributed by atoms with van der Waals surface area (Å²) in [5.74, 6) is 0.549. The Morgan fingerprint density at radius 3 is 2.88 bits per heavy atom. The second-order valence-corrected chi connectivity index (χ2v) is 6.81. The second-order valence-electron chi connectivity index (χ2n) is 6.81. The van der Waals surface area contributed by atoms with Gasteiger partial charge in [0, 0.05) is 56.5 Å². The molecule has 136 valence electrons. The average Bonchev–Trinajstić information content (AvgIpc) is 2.99. The van der Waals surface area contributed by atoms with Gasteiger partial charge in [0.25, 0.3) is 0 Å². The molecule has 1 unspecified atom stereocenters. The van der Waals surface area contributed by atoms with Gasteiger partial charge in [0.2, 0.25) is 5.88 Å². The van der Waals surface area contributed by atoms with Crippen molar-refractivity contribution in [2.75, 3.05) is 33.3 Å². The van der Waals surface area contributed by atoms with E-state index in [0.29, 0.717) is 24.0 Å². The quantitative estimate of drug-likeness (QED) is 0.770. The molecule has 0 spiro atoms. The van der Waals surface area contributed by atoms with Crippen LogP contribution in [0.15, 0.2) is 30.7 Å². The van der Waals surface area contributed by atoms with Gasteiger partial charge in [-0.15, -0.1) is 0 Å². The Hall–Kier alpha value is -2.51. The van der Waals surface area contributed by atoms with E-state index in [9.17, 15) is 0 Å². The highest BCUT2D eigenvalue weighted by molar-refractivity contribution is 5.83. The van der Waals surface area contributed by atoms with Crippen LogP contribution in [0, 0.1) is 6.92 Å². The predicted octanol–water partition coefficient (Wildman–Crippen LogP) is 1.62. The minimum Gasteiger partial charge on any atom is -0.474 e. The van der Waals surface area contributed by atoms with Crippen molar-refractivity contribution < 1.29 is 4.74 Å². The van der Waals surface area contributed by atoms with Crippen LogP contribution in [0.2, 0.25) is 0 Å². The van der Waals surface area contributed by atoms with E-state index >= 15 is 0 Å². The summed E-state index contributed by atoms with van der Waals surface area (Å²) < 4.78 is 8.22. The number of aromatic nitrogens is 4. The van der Waals surface area contributed by atoms with E-state index in [4.69, 9.17) is 9.72 Å². The lowest BCUT2D eigenvalue weighted by atomic mass is 10.1. The third-order valence-corrected chi connectivity index (χ3v) is 5.14. The molecular formula is C19H24N6O. The Morgan fingerprint density at radius 2 is 2.12 bits per heavy atom. The summed E-state index contributed by atoms with van der Waals surface area (Å²) in [6.07, 6.45) is 5.42. The van der Waals surface area contributed by atoms with Gasteiger partial charge in [-0.1, -0.05) is 0 Å². The molecular weight excluding hydrogens is 328 g/mol. The minimum atomic E-state index is 0.319.